The molecule has 0 saturated carbocycles. The van der Waals surface area contributed by atoms with E-state index in [0.717, 1.165) is 3.57 Å². The van der Waals surface area contributed by atoms with E-state index in [1.807, 2.05) is 31.8 Å². The van der Waals surface area contributed by atoms with E-state index in [1.54, 1.807) is 12.1 Å². The smallest absolute Gasteiger partial charge is 0.312 e. The Hall–Kier alpha value is -0.893. The van der Waals surface area contributed by atoms with Crippen LogP contribution in [0.1, 0.15) is 10.4 Å². The zero-order valence-corrected chi connectivity index (χ0v) is 13.8. The normalized spacial score (nSPS) is 10.9. The van der Waals surface area contributed by atoms with Gasteiger partial charge < -0.3 is 9.74 Å². The van der Waals surface area contributed by atoms with Crippen molar-refractivity contribution in [3.63, 3.8) is 0 Å². The number of rotatable bonds is 4. The fourth-order valence-corrected chi connectivity index (χ4v) is 2.66. The summed E-state index contributed by atoms with van der Waals surface area (Å²) in [7, 11) is -1.88. The summed E-state index contributed by atoms with van der Waals surface area (Å²) < 4.78 is 6.09. The maximum absolute atomic E-state index is 11.8. The molecule has 0 aliphatic heterocycles. The summed E-state index contributed by atoms with van der Waals surface area (Å²) in [4.78, 5) is 23.3. The van der Waals surface area contributed by atoms with Crippen LogP contribution < -0.4 is 5.32 Å². The Balaban J connectivity index is 2.52. The second kappa shape index (κ2) is 6.33. The Labute approximate surface area is 121 Å². The predicted molar refractivity (Wildman–Crippen MR) is 80.9 cm³/mol. The molecule has 0 aliphatic rings. The van der Waals surface area contributed by atoms with E-state index in [0.29, 0.717) is 5.56 Å². The summed E-state index contributed by atoms with van der Waals surface area (Å²) in [5.74, 6) is -0.638. The van der Waals surface area contributed by atoms with Crippen molar-refractivity contribution in [3.05, 3.63) is 33.4 Å². The third kappa shape index (κ3) is 5.17. The first kappa shape index (κ1) is 15.2. The molecule has 1 N–H and O–H groups in total. The van der Waals surface area contributed by atoms with E-state index in [1.165, 1.54) is 0 Å². The Bertz CT molecular complexity index is 457. The van der Waals surface area contributed by atoms with Crippen molar-refractivity contribution >= 4 is 42.8 Å². The van der Waals surface area contributed by atoms with Gasteiger partial charge in [-0.05, 0) is 54.4 Å². The van der Waals surface area contributed by atoms with Crippen LogP contribution in [-0.2, 0) is 9.22 Å². The van der Waals surface area contributed by atoms with Crippen LogP contribution in [0.5, 0.6) is 0 Å². The van der Waals surface area contributed by atoms with Crippen LogP contribution in [0.25, 0.3) is 0 Å². The minimum Gasteiger partial charge on any atom is -0.519 e. The minimum absolute atomic E-state index is 0.0892. The molecule has 0 unspecified atom stereocenters. The Morgan fingerprint density at radius 3 is 2.44 bits per heavy atom. The highest BCUT2D eigenvalue weighted by atomic mass is 127. The van der Waals surface area contributed by atoms with Gasteiger partial charge in [0.05, 0.1) is 5.56 Å². The van der Waals surface area contributed by atoms with Gasteiger partial charge >= 0.3 is 5.97 Å². The van der Waals surface area contributed by atoms with E-state index in [-0.39, 0.29) is 18.4 Å². The van der Waals surface area contributed by atoms with E-state index in [2.05, 4.69) is 27.9 Å². The molecule has 0 atom stereocenters. The molecule has 6 heteroatoms. The maximum Gasteiger partial charge on any atom is 0.312 e. The number of nitrogens with one attached hydrogen (secondary N) is 1. The largest absolute Gasteiger partial charge is 0.519 e. The van der Waals surface area contributed by atoms with Crippen LogP contribution in [0.3, 0.4) is 0 Å². The second-order valence-corrected chi connectivity index (χ2v) is 10.3. The van der Waals surface area contributed by atoms with E-state index in [4.69, 9.17) is 4.43 Å². The van der Waals surface area contributed by atoms with Gasteiger partial charge in [-0.15, -0.1) is 0 Å². The van der Waals surface area contributed by atoms with E-state index in [9.17, 15) is 9.59 Å². The van der Waals surface area contributed by atoms with Crippen molar-refractivity contribution in [1.82, 2.24) is 5.32 Å². The minimum atomic E-state index is -1.88. The molecular formula is C12H16INO3Si. The zero-order valence-electron chi connectivity index (χ0n) is 10.6. The summed E-state index contributed by atoms with van der Waals surface area (Å²) in [5, 5.41) is 2.57. The van der Waals surface area contributed by atoms with Crippen LogP contribution in [0.2, 0.25) is 19.6 Å². The molecular weight excluding hydrogens is 361 g/mol. The first-order valence-electron chi connectivity index (χ1n) is 5.54. The SMILES string of the molecule is C[Si](C)(C)OC(=O)CNC(=O)c1ccccc1I. The molecule has 0 radical (unpaired) electrons. The quantitative estimate of drug-likeness (QED) is 0.648. The summed E-state index contributed by atoms with van der Waals surface area (Å²) in [6.45, 7) is 5.68. The number of amides is 1. The number of carbonyl (C=O) groups is 2. The van der Waals surface area contributed by atoms with Crippen LogP contribution in [0.4, 0.5) is 0 Å². The summed E-state index contributed by atoms with van der Waals surface area (Å²) >= 11 is 2.08. The number of benzene rings is 1. The monoisotopic (exact) mass is 377 g/mol. The van der Waals surface area contributed by atoms with Gasteiger partial charge in [0.2, 0.25) is 8.32 Å². The molecule has 18 heavy (non-hydrogen) atoms. The van der Waals surface area contributed by atoms with Crippen LogP contribution in [0.15, 0.2) is 24.3 Å². The number of hydrogen-bond donors (Lipinski definition) is 1. The zero-order chi connectivity index (χ0) is 13.8. The fourth-order valence-electron chi connectivity index (χ4n) is 1.27. The average molecular weight is 377 g/mol. The Kier molecular flexibility index (Phi) is 5.33. The van der Waals surface area contributed by atoms with Crippen molar-refractivity contribution in [2.75, 3.05) is 6.54 Å². The topological polar surface area (TPSA) is 55.4 Å². The molecule has 0 bridgehead atoms. The first-order valence-corrected chi connectivity index (χ1v) is 10.0. The predicted octanol–water partition coefficient (Wildman–Crippen LogP) is 2.40. The molecule has 0 spiro atoms. The molecule has 4 nitrogen and oxygen atoms in total. The lowest BCUT2D eigenvalue weighted by atomic mass is 10.2. The lowest BCUT2D eigenvalue weighted by Crippen LogP contribution is -2.37. The molecule has 1 aromatic rings. The average Bonchev–Trinajstić information content (AvgIpc) is 2.24. The first-order chi connectivity index (χ1) is 8.29. The molecule has 0 fully saturated rings. The van der Waals surface area contributed by atoms with Gasteiger partial charge in [0.15, 0.2) is 0 Å². The van der Waals surface area contributed by atoms with Gasteiger partial charge in [-0.25, -0.2) is 0 Å². The summed E-state index contributed by atoms with van der Waals surface area (Å²) in [6.07, 6.45) is 0. The van der Waals surface area contributed by atoms with Gasteiger partial charge in [0.1, 0.15) is 6.54 Å². The lowest BCUT2D eigenvalue weighted by molar-refractivity contribution is -0.133. The Morgan fingerprint density at radius 1 is 1.28 bits per heavy atom. The molecule has 1 rings (SSSR count). The van der Waals surface area contributed by atoms with Crippen molar-refractivity contribution in [3.8, 4) is 0 Å². The van der Waals surface area contributed by atoms with Gasteiger partial charge in [-0.1, -0.05) is 12.1 Å². The maximum atomic E-state index is 11.8. The van der Waals surface area contributed by atoms with Gasteiger partial charge in [-0.3, -0.25) is 9.59 Å². The van der Waals surface area contributed by atoms with Crippen molar-refractivity contribution in [1.29, 1.82) is 0 Å². The van der Waals surface area contributed by atoms with E-state index < -0.39 is 8.32 Å². The third-order valence-corrected chi connectivity index (χ3v) is 3.71. The molecule has 0 aliphatic carbocycles. The highest BCUT2D eigenvalue weighted by Gasteiger charge is 2.20. The lowest BCUT2D eigenvalue weighted by Gasteiger charge is -2.17. The van der Waals surface area contributed by atoms with E-state index >= 15 is 0 Å². The van der Waals surface area contributed by atoms with Crippen LogP contribution in [0, 0.1) is 3.57 Å². The number of hydrogen-bond acceptors (Lipinski definition) is 3. The van der Waals surface area contributed by atoms with Gasteiger partial charge in [0.25, 0.3) is 5.91 Å². The summed E-state index contributed by atoms with van der Waals surface area (Å²) in [5.41, 5.74) is 0.568. The molecule has 0 heterocycles. The molecule has 0 saturated heterocycles. The van der Waals surface area contributed by atoms with Crippen LogP contribution >= 0.6 is 22.6 Å². The highest BCUT2D eigenvalue weighted by molar-refractivity contribution is 14.1. The molecule has 0 aromatic heterocycles. The van der Waals surface area contributed by atoms with Gasteiger partial charge in [0, 0.05) is 3.57 Å². The van der Waals surface area contributed by atoms with Gasteiger partial charge in [-0.2, -0.15) is 0 Å². The summed E-state index contributed by atoms with van der Waals surface area (Å²) in [6, 6.07) is 7.21. The Morgan fingerprint density at radius 2 is 1.89 bits per heavy atom. The molecule has 98 valence electrons. The number of halogens is 1. The highest BCUT2D eigenvalue weighted by Crippen LogP contribution is 2.11. The van der Waals surface area contributed by atoms with Crippen molar-refractivity contribution in [2.24, 2.45) is 0 Å². The van der Waals surface area contributed by atoms with Crippen molar-refractivity contribution in [2.45, 2.75) is 19.6 Å². The number of carbonyl (C=O) groups excluding carboxylic acids is 2. The molecule has 1 amide bonds. The van der Waals surface area contributed by atoms with Crippen molar-refractivity contribution < 1.29 is 14.0 Å². The van der Waals surface area contributed by atoms with Crippen LogP contribution in [-0.4, -0.2) is 26.7 Å². The standard InChI is InChI=1S/C12H16INO3Si/c1-18(2,3)17-11(15)8-14-12(16)9-6-4-5-7-10(9)13/h4-7H,8H2,1-3H3,(H,14,16). The third-order valence-electron chi connectivity index (χ3n) is 1.93. The molecule has 1 aromatic carbocycles. The fraction of sp³-hybridized carbons (Fsp3) is 0.333. The second-order valence-electron chi connectivity index (χ2n) is 4.75.